The Morgan fingerprint density at radius 1 is 1.43 bits per heavy atom. The molecule has 1 aliphatic rings. The number of anilines is 1. The average Bonchev–Trinajstić information content (AvgIpc) is 2.48. The first-order chi connectivity index (χ1) is 10.0. The van der Waals surface area contributed by atoms with Gasteiger partial charge in [-0.1, -0.05) is 19.3 Å². The Balaban J connectivity index is 2.23. The fourth-order valence-electron chi connectivity index (χ4n) is 2.91. The van der Waals surface area contributed by atoms with Gasteiger partial charge >= 0.3 is 0 Å². The van der Waals surface area contributed by atoms with E-state index in [0.29, 0.717) is 18.2 Å². The molecule has 0 bridgehead atoms. The van der Waals surface area contributed by atoms with Crippen LogP contribution in [0.3, 0.4) is 0 Å². The van der Waals surface area contributed by atoms with Gasteiger partial charge in [-0.3, -0.25) is 10.1 Å². The van der Waals surface area contributed by atoms with Crippen LogP contribution in [0.2, 0.25) is 0 Å². The Morgan fingerprint density at radius 2 is 2.10 bits per heavy atom. The molecule has 21 heavy (non-hydrogen) atoms. The molecule has 1 aliphatic carbocycles. The van der Waals surface area contributed by atoms with Gasteiger partial charge in [0.15, 0.2) is 0 Å². The monoisotopic (exact) mass is 359 g/mol. The minimum absolute atomic E-state index is 0.0265. The summed E-state index contributed by atoms with van der Waals surface area (Å²) in [6, 6.07) is 2.32. The summed E-state index contributed by atoms with van der Waals surface area (Å²) in [6.07, 6.45) is 5.71. The predicted molar refractivity (Wildman–Crippen MR) is 83.8 cm³/mol. The zero-order valence-electron chi connectivity index (χ0n) is 11.6. The number of nitrogens with two attached hydrogens (primary N) is 1. The van der Waals surface area contributed by atoms with E-state index in [4.69, 9.17) is 5.73 Å². The summed E-state index contributed by atoms with van der Waals surface area (Å²) in [5.41, 5.74) is 5.88. The summed E-state index contributed by atoms with van der Waals surface area (Å²) in [5.74, 6) is -0.235. The molecule has 5 nitrogen and oxygen atoms in total. The van der Waals surface area contributed by atoms with Crippen molar-refractivity contribution in [3.05, 3.63) is 32.5 Å². The Bertz CT molecular complexity index is 521. The highest BCUT2D eigenvalue weighted by molar-refractivity contribution is 9.10. The lowest BCUT2D eigenvalue weighted by Gasteiger charge is -2.30. The van der Waals surface area contributed by atoms with E-state index in [2.05, 4.69) is 21.2 Å². The lowest BCUT2D eigenvalue weighted by Crippen LogP contribution is -2.37. The van der Waals surface area contributed by atoms with Gasteiger partial charge in [0.1, 0.15) is 11.5 Å². The zero-order valence-corrected chi connectivity index (χ0v) is 13.2. The number of nitro groups is 1. The molecule has 0 aliphatic heterocycles. The van der Waals surface area contributed by atoms with E-state index in [-0.39, 0.29) is 16.2 Å². The van der Waals surface area contributed by atoms with Crippen molar-refractivity contribution in [3.63, 3.8) is 0 Å². The van der Waals surface area contributed by atoms with Crippen LogP contribution in [0, 0.1) is 21.8 Å². The molecular formula is C14H19BrFN3O2. The van der Waals surface area contributed by atoms with E-state index in [1.54, 1.807) is 0 Å². The van der Waals surface area contributed by atoms with Gasteiger partial charge in [0.05, 0.1) is 15.5 Å². The largest absolute Gasteiger partial charge is 0.375 e. The molecule has 1 aromatic carbocycles. The van der Waals surface area contributed by atoms with Crippen LogP contribution >= 0.6 is 15.9 Å². The summed E-state index contributed by atoms with van der Waals surface area (Å²) in [6.45, 7) is 0.400. The van der Waals surface area contributed by atoms with Crippen molar-refractivity contribution in [2.45, 2.75) is 38.1 Å². The number of hydrogen-bond acceptors (Lipinski definition) is 4. The molecule has 0 heterocycles. The van der Waals surface area contributed by atoms with Gasteiger partial charge in [0, 0.05) is 12.6 Å². The van der Waals surface area contributed by atoms with Gasteiger partial charge in [-0.15, -0.1) is 0 Å². The van der Waals surface area contributed by atoms with Gasteiger partial charge < -0.3 is 11.1 Å². The van der Waals surface area contributed by atoms with Crippen LogP contribution in [0.4, 0.5) is 15.8 Å². The maximum absolute atomic E-state index is 13.5. The molecule has 1 saturated carbocycles. The molecule has 116 valence electrons. The van der Waals surface area contributed by atoms with E-state index in [1.165, 1.54) is 12.5 Å². The second kappa shape index (κ2) is 7.17. The van der Waals surface area contributed by atoms with Crippen molar-refractivity contribution in [3.8, 4) is 0 Å². The highest BCUT2D eigenvalue weighted by Gasteiger charge is 2.26. The van der Waals surface area contributed by atoms with E-state index in [9.17, 15) is 14.5 Å². The Labute approximate surface area is 131 Å². The standard InChI is InChI=1S/C14H19BrFN3O2/c15-10-6-12(14(19(20)21)7-11(10)16)18-13(8-17)9-4-2-1-3-5-9/h6-7,9,13,18H,1-5,8,17H2. The highest BCUT2D eigenvalue weighted by atomic mass is 79.9. The number of halogens is 2. The summed E-state index contributed by atoms with van der Waals surface area (Å²) in [5, 5.41) is 14.2. The molecule has 0 saturated heterocycles. The lowest BCUT2D eigenvalue weighted by molar-refractivity contribution is -0.384. The van der Waals surface area contributed by atoms with Crippen molar-refractivity contribution in [2.75, 3.05) is 11.9 Å². The average molecular weight is 360 g/mol. The summed E-state index contributed by atoms with van der Waals surface area (Å²) >= 11 is 3.07. The first-order valence-corrected chi connectivity index (χ1v) is 7.92. The molecule has 3 N–H and O–H groups in total. The van der Waals surface area contributed by atoms with Crippen molar-refractivity contribution in [1.82, 2.24) is 0 Å². The van der Waals surface area contributed by atoms with Crippen LogP contribution < -0.4 is 11.1 Å². The first kappa shape index (κ1) is 16.2. The fourth-order valence-corrected chi connectivity index (χ4v) is 3.25. The normalized spacial score (nSPS) is 17.5. The van der Waals surface area contributed by atoms with Gasteiger partial charge in [-0.2, -0.15) is 0 Å². The first-order valence-electron chi connectivity index (χ1n) is 7.13. The van der Waals surface area contributed by atoms with E-state index < -0.39 is 10.7 Å². The topological polar surface area (TPSA) is 81.2 Å². The molecule has 0 aromatic heterocycles. The van der Waals surface area contributed by atoms with Crippen molar-refractivity contribution in [2.24, 2.45) is 11.7 Å². The molecule has 0 amide bonds. The van der Waals surface area contributed by atoms with Gasteiger partial charge in [0.25, 0.3) is 5.69 Å². The third kappa shape index (κ3) is 3.91. The molecular weight excluding hydrogens is 341 g/mol. The van der Waals surface area contributed by atoms with Crippen LogP contribution in [0.25, 0.3) is 0 Å². The summed E-state index contributed by atoms with van der Waals surface area (Å²) < 4.78 is 13.7. The van der Waals surface area contributed by atoms with Gasteiger partial charge in [-0.25, -0.2) is 4.39 Å². The second-order valence-electron chi connectivity index (χ2n) is 5.43. The fraction of sp³-hybridized carbons (Fsp3) is 0.571. The number of rotatable bonds is 5. The summed E-state index contributed by atoms with van der Waals surface area (Å²) in [4.78, 5) is 10.5. The minimum Gasteiger partial charge on any atom is -0.375 e. The zero-order chi connectivity index (χ0) is 15.4. The number of benzene rings is 1. The molecule has 0 spiro atoms. The molecule has 1 fully saturated rings. The molecule has 1 unspecified atom stereocenters. The molecule has 0 radical (unpaired) electrons. The second-order valence-corrected chi connectivity index (χ2v) is 6.28. The number of hydrogen-bond donors (Lipinski definition) is 2. The van der Waals surface area contributed by atoms with Crippen LogP contribution in [0.15, 0.2) is 16.6 Å². The van der Waals surface area contributed by atoms with E-state index in [0.717, 1.165) is 31.7 Å². The van der Waals surface area contributed by atoms with E-state index in [1.807, 2.05) is 0 Å². The maximum atomic E-state index is 13.5. The van der Waals surface area contributed by atoms with Crippen molar-refractivity contribution < 1.29 is 9.31 Å². The molecule has 1 atom stereocenters. The van der Waals surface area contributed by atoms with Crippen LogP contribution in [0.5, 0.6) is 0 Å². The third-order valence-corrected chi connectivity index (χ3v) is 4.66. The van der Waals surface area contributed by atoms with Crippen LogP contribution in [-0.2, 0) is 0 Å². The van der Waals surface area contributed by atoms with E-state index >= 15 is 0 Å². The van der Waals surface area contributed by atoms with Gasteiger partial charge in [0.2, 0.25) is 0 Å². The van der Waals surface area contributed by atoms with Crippen LogP contribution in [-0.4, -0.2) is 17.5 Å². The predicted octanol–water partition coefficient (Wildman–Crippen LogP) is 3.82. The third-order valence-electron chi connectivity index (χ3n) is 4.05. The Kier molecular flexibility index (Phi) is 5.52. The minimum atomic E-state index is -0.644. The molecule has 2 rings (SSSR count). The molecule has 1 aromatic rings. The number of nitrogens with zero attached hydrogens (tertiary/aromatic N) is 1. The number of nitrogens with one attached hydrogen (secondary N) is 1. The molecule has 7 heteroatoms. The van der Waals surface area contributed by atoms with Crippen LogP contribution in [0.1, 0.15) is 32.1 Å². The van der Waals surface area contributed by atoms with Gasteiger partial charge in [-0.05, 0) is 40.8 Å². The number of nitro benzene ring substituents is 1. The van der Waals surface area contributed by atoms with Crippen molar-refractivity contribution in [1.29, 1.82) is 0 Å². The summed E-state index contributed by atoms with van der Waals surface area (Å²) in [7, 11) is 0. The highest BCUT2D eigenvalue weighted by Crippen LogP contribution is 2.33. The Morgan fingerprint density at radius 3 is 2.67 bits per heavy atom. The maximum Gasteiger partial charge on any atom is 0.295 e. The smallest absolute Gasteiger partial charge is 0.295 e. The van der Waals surface area contributed by atoms with Crippen molar-refractivity contribution >= 4 is 27.3 Å². The SMILES string of the molecule is NCC(Nc1cc(Br)c(F)cc1[N+](=O)[O-])C1CCCCC1. The Hall–Kier alpha value is -1.21. The lowest BCUT2D eigenvalue weighted by atomic mass is 9.84. The quantitative estimate of drug-likeness (QED) is 0.618.